The normalized spacial score (nSPS) is 26.8. The molecular formula is C17H29N3O3. The Balaban J connectivity index is 2.12. The van der Waals surface area contributed by atoms with Crippen LogP contribution in [0.25, 0.3) is 0 Å². The molecule has 1 heterocycles. The van der Waals surface area contributed by atoms with E-state index in [4.69, 9.17) is 4.52 Å². The van der Waals surface area contributed by atoms with Gasteiger partial charge in [0, 0.05) is 6.42 Å². The van der Waals surface area contributed by atoms with Crippen molar-refractivity contribution >= 4 is 11.7 Å². The van der Waals surface area contributed by atoms with Gasteiger partial charge in [-0.05, 0) is 37.5 Å². The minimum atomic E-state index is -0.581. The van der Waals surface area contributed by atoms with Gasteiger partial charge in [0.15, 0.2) is 5.76 Å². The zero-order chi connectivity index (χ0) is 17.3. The first kappa shape index (κ1) is 17.8. The molecule has 1 aliphatic rings. The van der Waals surface area contributed by atoms with Gasteiger partial charge in [-0.2, -0.15) is 0 Å². The molecule has 1 saturated carbocycles. The molecule has 6 heteroatoms. The van der Waals surface area contributed by atoms with Crippen LogP contribution in [-0.4, -0.2) is 28.4 Å². The highest BCUT2D eigenvalue weighted by molar-refractivity contribution is 5.90. The molecule has 0 aromatic carbocycles. The molecule has 1 fully saturated rings. The Morgan fingerprint density at radius 2 is 2.13 bits per heavy atom. The van der Waals surface area contributed by atoms with E-state index in [1.807, 2.05) is 6.92 Å². The molecule has 2 unspecified atom stereocenters. The highest BCUT2D eigenvalue weighted by Gasteiger charge is 2.43. The lowest BCUT2D eigenvalue weighted by Gasteiger charge is -2.47. The van der Waals surface area contributed by atoms with Crippen LogP contribution in [-0.2, 0) is 6.42 Å². The van der Waals surface area contributed by atoms with Crippen molar-refractivity contribution in [1.82, 2.24) is 10.5 Å². The lowest BCUT2D eigenvalue weighted by atomic mass is 9.64. The summed E-state index contributed by atoms with van der Waals surface area (Å²) in [5.74, 6) is 1.11. The number of urea groups is 1. The zero-order valence-electron chi connectivity index (χ0n) is 14.8. The summed E-state index contributed by atoms with van der Waals surface area (Å²) in [6.07, 6.45) is 3.30. The lowest BCUT2D eigenvalue weighted by molar-refractivity contribution is 0.0445. The largest absolute Gasteiger partial charge is 0.394 e. The van der Waals surface area contributed by atoms with E-state index in [0.717, 1.165) is 19.3 Å². The van der Waals surface area contributed by atoms with Crippen LogP contribution in [0, 0.1) is 18.3 Å². The predicted molar refractivity (Wildman–Crippen MR) is 89.4 cm³/mol. The molecule has 0 aliphatic heterocycles. The number of carbonyl (C=O) groups excluding carboxylic acids is 1. The number of hydrogen-bond acceptors (Lipinski definition) is 4. The Kier molecular flexibility index (Phi) is 5.04. The molecule has 23 heavy (non-hydrogen) atoms. The molecule has 2 amide bonds. The van der Waals surface area contributed by atoms with Crippen molar-refractivity contribution in [3.05, 3.63) is 11.5 Å². The van der Waals surface area contributed by atoms with E-state index >= 15 is 0 Å². The second kappa shape index (κ2) is 6.51. The average Bonchev–Trinajstić information content (AvgIpc) is 2.77. The summed E-state index contributed by atoms with van der Waals surface area (Å²) in [5, 5.41) is 19.7. The van der Waals surface area contributed by atoms with Gasteiger partial charge in [-0.1, -0.05) is 32.9 Å². The Bertz CT molecular complexity index is 567. The monoisotopic (exact) mass is 323 g/mol. The summed E-state index contributed by atoms with van der Waals surface area (Å²) in [5.41, 5.74) is 0.798. The number of hydrogen-bond donors (Lipinski definition) is 3. The SMILES string of the molecule is CCc1onc(C)c1NC(=O)NC1(CO)CC(C)CC(C)(C)C1. The van der Waals surface area contributed by atoms with E-state index in [9.17, 15) is 9.90 Å². The van der Waals surface area contributed by atoms with Crippen molar-refractivity contribution in [2.45, 2.75) is 65.8 Å². The highest BCUT2D eigenvalue weighted by atomic mass is 16.5. The van der Waals surface area contributed by atoms with Crippen molar-refractivity contribution in [2.24, 2.45) is 11.3 Å². The number of rotatable bonds is 4. The predicted octanol–water partition coefficient (Wildman–Crippen LogP) is 3.24. The van der Waals surface area contributed by atoms with Crippen LogP contribution in [0.5, 0.6) is 0 Å². The molecular weight excluding hydrogens is 294 g/mol. The molecule has 1 aliphatic carbocycles. The van der Waals surface area contributed by atoms with E-state index in [1.54, 1.807) is 6.92 Å². The third-order valence-corrected chi connectivity index (χ3v) is 4.63. The molecule has 0 radical (unpaired) electrons. The number of amides is 2. The molecule has 1 aromatic heterocycles. The van der Waals surface area contributed by atoms with Crippen LogP contribution in [0.1, 0.15) is 58.4 Å². The molecule has 130 valence electrons. The molecule has 1 aromatic rings. The van der Waals surface area contributed by atoms with Crippen LogP contribution >= 0.6 is 0 Å². The van der Waals surface area contributed by atoms with Gasteiger partial charge in [-0.15, -0.1) is 0 Å². The quantitative estimate of drug-likeness (QED) is 0.794. The van der Waals surface area contributed by atoms with Crippen molar-refractivity contribution < 1.29 is 14.4 Å². The minimum Gasteiger partial charge on any atom is -0.394 e. The Morgan fingerprint density at radius 3 is 2.70 bits per heavy atom. The summed E-state index contributed by atoms with van der Waals surface area (Å²) >= 11 is 0. The van der Waals surface area contributed by atoms with Gasteiger partial charge in [-0.3, -0.25) is 0 Å². The first-order valence-corrected chi connectivity index (χ1v) is 8.35. The van der Waals surface area contributed by atoms with Gasteiger partial charge in [0.25, 0.3) is 0 Å². The Hall–Kier alpha value is -1.56. The maximum absolute atomic E-state index is 12.5. The van der Waals surface area contributed by atoms with Crippen molar-refractivity contribution in [2.75, 3.05) is 11.9 Å². The zero-order valence-corrected chi connectivity index (χ0v) is 14.8. The maximum atomic E-state index is 12.5. The van der Waals surface area contributed by atoms with Crippen molar-refractivity contribution in [1.29, 1.82) is 0 Å². The number of aliphatic hydroxyl groups is 1. The van der Waals surface area contributed by atoms with Crippen LogP contribution in [0.15, 0.2) is 4.52 Å². The summed E-state index contributed by atoms with van der Waals surface area (Å²) in [4.78, 5) is 12.5. The van der Waals surface area contributed by atoms with Crippen molar-refractivity contribution in [3.8, 4) is 0 Å². The topological polar surface area (TPSA) is 87.4 Å². The third kappa shape index (κ3) is 4.05. The maximum Gasteiger partial charge on any atom is 0.319 e. The van der Waals surface area contributed by atoms with E-state index in [-0.39, 0.29) is 18.1 Å². The summed E-state index contributed by atoms with van der Waals surface area (Å²) in [6, 6.07) is -0.315. The number of nitrogens with one attached hydrogen (secondary N) is 2. The van der Waals surface area contributed by atoms with Crippen LogP contribution in [0.2, 0.25) is 0 Å². The highest BCUT2D eigenvalue weighted by Crippen LogP contribution is 2.43. The van der Waals surface area contributed by atoms with Crippen LogP contribution in [0.4, 0.5) is 10.5 Å². The number of nitrogens with zero attached hydrogens (tertiary/aromatic N) is 1. The molecule has 0 spiro atoms. The van der Waals surface area contributed by atoms with Gasteiger partial charge < -0.3 is 20.3 Å². The molecule has 0 bridgehead atoms. The minimum absolute atomic E-state index is 0.0581. The molecule has 0 saturated heterocycles. The molecule has 6 nitrogen and oxygen atoms in total. The number of aliphatic hydroxyl groups excluding tert-OH is 1. The van der Waals surface area contributed by atoms with Gasteiger partial charge in [0.2, 0.25) is 0 Å². The number of anilines is 1. The van der Waals surface area contributed by atoms with Crippen LogP contribution < -0.4 is 10.6 Å². The van der Waals surface area contributed by atoms with Crippen LogP contribution in [0.3, 0.4) is 0 Å². The molecule has 3 N–H and O–H groups in total. The lowest BCUT2D eigenvalue weighted by Crippen LogP contribution is -2.58. The average molecular weight is 323 g/mol. The second-order valence-corrected chi connectivity index (χ2v) is 7.79. The van der Waals surface area contributed by atoms with E-state index in [0.29, 0.717) is 29.5 Å². The number of aryl methyl sites for hydroxylation is 2. The molecule has 2 rings (SSSR count). The number of carbonyl (C=O) groups is 1. The summed E-state index contributed by atoms with van der Waals surface area (Å²) in [7, 11) is 0. The Labute approximate surface area is 138 Å². The van der Waals surface area contributed by atoms with Gasteiger partial charge >= 0.3 is 6.03 Å². The summed E-state index contributed by atoms with van der Waals surface area (Å²) in [6.45, 7) is 10.2. The molecule has 2 atom stereocenters. The van der Waals surface area contributed by atoms with Gasteiger partial charge in [-0.25, -0.2) is 4.79 Å². The van der Waals surface area contributed by atoms with E-state index in [2.05, 4.69) is 36.6 Å². The van der Waals surface area contributed by atoms with E-state index < -0.39 is 5.54 Å². The first-order valence-electron chi connectivity index (χ1n) is 8.35. The fourth-order valence-electron chi connectivity index (χ4n) is 4.20. The van der Waals surface area contributed by atoms with Crippen molar-refractivity contribution in [3.63, 3.8) is 0 Å². The Morgan fingerprint density at radius 1 is 1.43 bits per heavy atom. The van der Waals surface area contributed by atoms with Gasteiger partial charge in [0.1, 0.15) is 11.4 Å². The number of aromatic nitrogens is 1. The third-order valence-electron chi connectivity index (χ3n) is 4.63. The standard InChI is InChI=1S/C17H29N3O3/c1-6-13-14(12(3)20-23-13)18-15(22)19-17(10-21)8-11(2)7-16(4,5)9-17/h11,21H,6-10H2,1-5H3,(H2,18,19,22). The fourth-order valence-corrected chi connectivity index (χ4v) is 4.20. The van der Waals surface area contributed by atoms with E-state index in [1.165, 1.54) is 0 Å². The first-order chi connectivity index (χ1) is 10.7. The fraction of sp³-hybridized carbons (Fsp3) is 0.765. The summed E-state index contributed by atoms with van der Waals surface area (Å²) < 4.78 is 5.20. The second-order valence-electron chi connectivity index (χ2n) is 7.79. The van der Waals surface area contributed by atoms with Gasteiger partial charge in [0.05, 0.1) is 12.1 Å². The smallest absolute Gasteiger partial charge is 0.319 e.